The van der Waals surface area contributed by atoms with Gasteiger partial charge in [0.2, 0.25) is 0 Å². The molecule has 0 unspecified atom stereocenters. The minimum Gasteiger partial charge on any atom is -0.822 e. The fourth-order valence-electron chi connectivity index (χ4n) is 0. The molecule has 0 saturated heterocycles. The number of rotatable bonds is 0. The average Bonchev–Trinajstić information content (AvgIpc) is 2.06. The van der Waals surface area contributed by atoms with E-state index < -0.39 is 54.8 Å². The van der Waals surface area contributed by atoms with E-state index in [-0.39, 0.29) is 146 Å². The molecule has 0 amide bonds. The molecule has 0 atom stereocenters. The molecule has 42 heteroatoms. The van der Waals surface area contributed by atoms with Crippen LogP contribution in [0.2, 0.25) is 0 Å². The second kappa shape index (κ2) is 42.6. The van der Waals surface area contributed by atoms with Crippen molar-refractivity contribution in [3.8, 4) is 0 Å². The average molecular weight is 1170 g/mol. The van der Waals surface area contributed by atoms with Crippen molar-refractivity contribution in [2.45, 2.75) is 0 Å². The van der Waals surface area contributed by atoms with Gasteiger partial charge < -0.3 is 135 Å². The van der Waals surface area contributed by atoms with Crippen molar-refractivity contribution in [1.82, 2.24) is 0 Å². The molecule has 0 aliphatic carbocycles. The van der Waals surface area contributed by atoms with Crippen LogP contribution in [-0.2, 0) is 178 Å². The van der Waals surface area contributed by atoms with Gasteiger partial charge >= 0.3 is 146 Å². The Morgan fingerprint density at radius 2 is 0.214 bits per heavy atom. The number of phosphoric acid groups is 7. The quantitative estimate of drug-likeness (QED) is 0.160. The Labute approximate surface area is 331 Å². The molecule has 0 heterocycles. The van der Waals surface area contributed by atoms with Crippen LogP contribution in [0.5, 0.6) is 0 Å². The van der Waals surface area contributed by atoms with Gasteiger partial charge in [-0.05, 0) is 0 Å². The van der Waals surface area contributed by atoms with E-state index in [4.69, 9.17) is 135 Å². The molecule has 0 fully saturated rings. The molecular weight excluding hydrogens is 1170 g/mol. The Balaban J connectivity index is -0.0000000177. The Morgan fingerprint density at radius 1 is 0.214 bits per heavy atom. The van der Waals surface area contributed by atoms with Crippen molar-refractivity contribution in [1.29, 1.82) is 0 Å². The van der Waals surface area contributed by atoms with Gasteiger partial charge in [-0.25, -0.2) is 0 Å². The van der Waals surface area contributed by atoms with Crippen molar-refractivity contribution in [3.05, 3.63) is 0 Å². The molecule has 4 radical (unpaired) electrons. The van der Waals surface area contributed by atoms with E-state index in [2.05, 4.69) is 0 Å². The maximum Gasteiger partial charge on any atom is 4.00 e. The molecular formula is Co3FeO28P7Zr3. The zero-order chi connectivity index (χ0) is 31.5. The molecule has 250 valence electrons. The number of hydrogen-bond acceptors (Lipinski definition) is 28. The van der Waals surface area contributed by atoms with E-state index in [0.29, 0.717) is 0 Å². The molecule has 0 N–H and O–H groups in total. The van der Waals surface area contributed by atoms with Gasteiger partial charge in [0.1, 0.15) is 0 Å². The van der Waals surface area contributed by atoms with Gasteiger partial charge in [-0.15, -0.1) is 0 Å². The Kier molecular flexibility index (Phi) is 92.9. The van der Waals surface area contributed by atoms with Crippen LogP contribution < -0.4 is 103 Å². The van der Waals surface area contributed by atoms with Gasteiger partial charge in [-0.2, -0.15) is 54.8 Å². The molecule has 0 aromatic heterocycles. The maximum absolute atomic E-state index is 8.55. The smallest absolute Gasteiger partial charge is 0.822 e. The Bertz CT molecular complexity index is 582. The summed E-state index contributed by atoms with van der Waals surface area (Å²) in [5.41, 5.74) is 0. The second-order valence-corrected chi connectivity index (χ2v) is 9.39. The van der Waals surface area contributed by atoms with Crippen molar-refractivity contribution < 1.29 is 281 Å². The first-order valence-electron chi connectivity index (χ1n) is 5.11. The standard InChI is InChI=1S/3Co.Fe.7H3O4P.3Zr/c;;;;7*1-5(2,3)4;;;/h;;;;7*(H3,1,2,3,4);;;/q3*+2;+3;;;;;;;;3*+4/p-21. The van der Waals surface area contributed by atoms with Crippen LogP contribution in [0.1, 0.15) is 0 Å². The van der Waals surface area contributed by atoms with E-state index in [0.717, 1.165) is 0 Å². The van der Waals surface area contributed by atoms with Crippen molar-refractivity contribution in [3.63, 3.8) is 0 Å². The molecule has 0 aliphatic rings. The first-order valence-corrected chi connectivity index (χ1v) is 15.3. The third-order valence-corrected chi connectivity index (χ3v) is 0. The first-order chi connectivity index (χ1) is 14.0. The normalized spacial score (nSPS) is 9.83. The van der Waals surface area contributed by atoms with Gasteiger partial charge in [-0.1, -0.05) is 0 Å². The van der Waals surface area contributed by atoms with Gasteiger partial charge in [0.25, 0.3) is 0 Å². The molecule has 0 rings (SSSR count). The van der Waals surface area contributed by atoms with Crippen LogP contribution in [0.4, 0.5) is 0 Å². The van der Waals surface area contributed by atoms with Gasteiger partial charge in [0.15, 0.2) is 0 Å². The van der Waals surface area contributed by atoms with E-state index in [1.165, 1.54) is 0 Å². The fraction of sp³-hybridized carbons (Fsp3) is 0. The molecule has 0 saturated carbocycles. The zero-order valence-corrected chi connectivity index (χ0v) is 35.3. The van der Waals surface area contributed by atoms with E-state index in [1.54, 1.807) is 0 Å². The molecule has 0 aromatic carbocycles. The summed E-state index contributed by atoms with van der Waals surface area (Å²) in [6.07, 6.45) is 0. The molecule has 0 aliphatic heterocycles. The van der Waals surface area contributed by atoms with Crippen LogP contribution in [0, 0.1) is 0 Å². The third kappa shape index (κ3) is 3020. The third-order valence-electron chi connectivity index (χ3n) is 0. The van der Waals surface area contributed by atoms with E-state index in [1.807, 2.05) is 0 Å². The summed E-state index contributed by atoms with van der Waals surface area (Å²) in [4.78, 5) is 180. The molecule has 0 aromatic rings. The Hall–Kier alpha value is 5.46. The van der Waals surface area contributed by atoms with E-state index in [9.17, 15) is 0 Å². The largest absolute Gasteiger partial charge is 4.00 e. The van der Waals surface area contributed by atoms with Crippen molar-refractivity contribution in [2.24, 2.45) is 0 Å². The molecule has 28 nitrogen and oxygen atoms in total. The predicted octanol–water partition coefficient (Wildman–Crippen LogP) is -19.8. The van der Waals surface area contributed by atoms with Crippen LogP contribution in [0.15, 0.2) is 0 Å². The second-order valence-electron chi connectivity index (χ2n) is 3.13. The van der Waals surface area contributed by atoms with Gasteiger partial charge in [0.05, 0.1) is 0 Å². The van der Waals surface area contributed by atoms with Crippen LogP contribution in [-0.4, -0.2) is 0 Å². The summed E-state index contributed by atoms with van der Waals surface area (Å²) in [5.74, 6) is 0. The molecule has 0 bridgehead atoms. The minimum atomic E-state index is -5.39. The summed E-state index contributed by atoms with van der Waals surface area (Å²) in [6, 6.07) is 0. The maximum atomic E-state index is 8.55. The fourth-order valence-corrected chi connectivity index (χ4v) is 0. The predicted molar refractivity (Wildman–Crippen MR) is 53.2 cm³/mol. The van der Waals surface area contributed by atoms with Crippen molar-refractivity contribution >= 4 is 54.8 Å². The SMILES string of the molecule is O=P([O-])([O-])[O-].O=P([O-])([O-])[O-].O=P([O-])([O-])[O-].O=P([O-])([O-])[O-].O=P([O-])([O-])[O-].O=P([O-])([O-])[O-].O=P([O-])([O-])[O-].[Co+2].[Co+2].[Co+2].[Fe+3].[Zr+4].[Zr+4].[Zr+4]. The minimum absolute atomic E-state index is 0. The molecule has 0 spiro atoms. The Morgan fingerprint density at radius 3 is 0.214 bits per heavy atom. The topological polar surface area (TPSA) is 604 Å². The summed E-state index contributed by atoms with van der Waals surface area (Å²) >= 11 is 0. The van der Waals surface area contributed by atoms with Crippen LogP contribution >= 0.6 is 54.8 Å². The summed E-state index contributed by atoms with van der Waals surface area (Å²) < 4.78 is 59.8. The summed E-state index contributed by atoms with van der Waals surface area (Å²) in [7, 11) is -37.7. The van der Waals surface area contributed by atoms with Gasteiger partial charge in [0, 0.05) is 0 Å². The van der Waals surface area contributed by atoms with Crippen LogP contribution in [0.25, 0.3) is 0 Å². The summed E-state index contributed by atoms with van der Waals surface area (Å²) in [5, 5.41) is 0. The first kappa shape index (κ1) is 91.5. The van der Waals surface area contributed by atoms with E-state index >= 15 is 0 Å². The van der Waals surface area contributed by atoms with Crippen molar-refractivity contribution in [2.75, 3.05) is 0 Å². The molecule has 42 heavy (non-hydrogen) atoms. The van der Waals surface area contributed by atoms with Gasteiger partial charge in [-0.3, -0.25) is 0 Å². The number of hydrogen-bond donors (Lipinski definition) is 0. The zero-order valence-electron chi connectivity index (χ0n) is 17.4. The summed E-state index contributed by atoms with van der Waals surface area (Å²) in [6.45, 7) is 0. The van der Waals surface area contributed by atoms with Crippen LogP contribution in [0.3, 0.4) is 0 Å². The monoisotopic (exact) mass is 1170 g/mol.